The molecule has 5 heteroatoms. The number of carbonyl (C=O) groups excluding carboxylic acids is 1. The Hall–Kier alpha value is -1.81. The molecule has 0 spiro atoms. The van der Waals surface area contributed by atoms with Gasteiger partial charge in [0.05, 0.1) is 5.69 Å². The standard InChI is InChI=1S/C14H15ClN2O2/c1-4-11-13(9(3)19-17-11)14(18)16-12-7-10(15)6-5-8(12)2/h5-7H,4H2,1-3H3,(H,16,18). The lowest BCUT2D eigenvalue weighted by Gasteiger charge is -2.08. The van der Waals surface area contributed by atoms with Crippen molar-refractivity contribution in [2.45, 2.75) is 27.2 Å². The fourth-order valence-electron chi connectivity index (χ4n) is 1.86. The minimum absolute atomic E-state index is 0.221. The SMILES string of the molecule is CCc1noc(C)c1C(=O)Nc1cc(Cl)ccc1C. The van der Waals surface area contributed by atoms with Crippen LogP contribution in [0.3, 0.4) is 0 Å². The molecule has 1 heterocycles. The molecule has 0 fully saturated rings. The first-order chi connectivity index (χ1) is 9.02. The number of benzene rings is 1. The monoisotopic (exact) mass is 278 g/mol. The first kappa shape index (κ1) is 13.6. The summed E-state index contributed by atoms with van der Waals surface area (Å²) < 4.78 is 5.06. The number of carbonyl (C=O) groups is 1. The molecule has 100 valence electrons. The number of nitrogens with zero attached hydrogens (tertiary/aromatic N) is 1. The Bertz CT molecular complexity index is 620. The van der Waals surface area contributed by atoms with Crippen LogP contribution in [0.2, 0.25) is 5.02 Å². The highest BCUT2D eigenvalue weighted by atomic mass is 35.5. The Kier molecular flexibility index (Phi) is 3.90. The molecule has 19 heavy (non-hydrogen) atoms. The molecule has 1 amide bonds. The Labute approximate surface area is 116 Å². The van der Waals surface area contributed by atoms with E-state index in [1.807, 2.05) is 19.9 Å². The van der Waals surface area contributed by atoms with E-state index in [0.717, 1.165) is 5.56 Å². The number of rotatable bonds is 3. The number of aryl methyl sites for hydroxylation is 3. The van der Waals surface area contributed by atoms with Gasteiger partial charge in [-0.1, -0.05) is 29.7 Å². The lowest BCUT2D eigenvalue weighted by atomic mass is 10.1. The second kappa shape index (κ2) is 5.45. The molecular formula is C14H15ClN2O2. The van der Waals surface area contributed by atoms with E-state index in [9.17, 15) is 4.79 Å². The maximum Gasteiger partial charge on any atom is 0.261 e. The number of hydrogen-bond donors (Lipinski definition) is 1. The van der Waals surface area contributed by atoms with Gasteiger partial charge in [-0.2, -0.15) is 0 Å². The fraction of sp³-hybridized carbons (Fsp3) is 0.286. The van der Waals surface area contributed by atoms with Crippen LogP contribution in [0.15, 0.2) is 22.7 Å². The average molecular weight is 279 g/mol. The highest BCUT2D eigenvalue weighted by Gasteiger charge is 2.19. The molecule has 0 unspecified atom stereocenters. The van der Waals surface area contributed by atoms with Gasteiger partial charge in [0.1, 0.15) is 11.3 Å². The first-order valence-electron chi connectivity index (χ1n) is 6.05. The molecule has 0 aliphatic rings. The molecule has 0 aliphatic heterocycles. The summed E-state index contributed by atoms with van der Waals surface area (Å²) in [4.78, 5) is 12.3. The second-order valence-corrected chi connectivity index (χ2v) is 4.76. The summed E-state index contributed by atoms with van der Waals surface area (Å²) in [5, 5.41) is 7.30. The van der Waals surface area contributed by atoms with Crippen molar-refractivity contribution in [2.75, 3.05) is 5.32 Å². The molecule has 1 aromatic carbocycles. The van der Waals surface area contributed by atoms with Crippen molar-refractivity contribution in [3.63, 3.8) is 0 Å². The van der Waals surface area contributed by atoms with Crippen molar-refractivity contribution in [1.29, 1.82) is 0 Å². The maximum absolute atomic E-state index is 12.3. The van der Waals surface area contributed by atoms with Crippen molar-refractivity contribution in [2.24, 2.45) is 0 Å². The third-order valence-electron chi connectivity index (χ3n) is 2.94. The first-order valence-corrected chi connectivity index (χ1v) is 6.43. The van der Waals surface area contributed by atoms with E-state index in [-0.39, 0.29) is 5.91 Å². The van der Waals surface area contributed by atoms with E-state index in [1.165, 1.54) is 0 Å². The zero-order valence-electron chi connectivity index (χ0n) is 11.1. The van der Waals surface area contributed by atoms with Crippen LogP contribution >= 0.6 is 11.6 Å². The van der Waals surface area contributed by atoms with Crippen molar-refractivity contribution in [1.82, 2.24) is 5.16 Å². The van der Waals surface area contributed by atoms with Crippen molar-refractivity contribution >= 4 is 23.2 Å². The van der Waals surface area contributed by atoms with Crippen molar-refractivity contribution < 1.29 is 9.32 Å². The number of anilines is 1. The van der Waals surface area contributed by atoms with Gasteiger partial charge in [-0.25, -0.2) is 0 Å². The third-order valence-corrected chi connectivity index (χ3v) is 3.18. The zero-order valence-corrected chi connectivity index (χ0v) is 11.8. The van der Waals surface area contributed by atoms with Gasteiger partial charge in [0, 0.05) is 10.7 Å². The quantitative estimate of drug-likeness (QED) is 0.930. The minimum Gasteiger partial charge on any atom is -0.361 e. The van der Waals surface area contributed by atoms with Gasteiger partial charge in [0.25, 0.3) is 5.91 Å². The molecule has 4 nitrogen and oxygen atoms in total. The summed E-state index contributed by atoms with van der Waals surface area (Å²) in [5.74, 6) is 0.301. The Morgan fingerprint density at radius 2 is 2.16 bits per heavy atom. The van der Waals surface area contributed by atoms with Gasteiger partial charge in [0.2, 0.25) is 0 Å². The summed E-state index contributed by atoms with van der Waals surface area (Å²) in [5.41, 5.74) is 2.81. The normalized spacial score (nSPS) is 10.5. The Morgan fingerprint density at radius 3 is 2.84 bits per heavy atom. The molecule has 0 aliphatic carbocycles. The summed E-state index contributed by atoms with van der Waals surface area (Å²) in [6.07, 6.45) is 0.647. The molecule has 2 aromatic rings. The van der Waals surface area contributed by atoms with Crippen LogP contribution < -0.4 is 5.32 Å². The predicted octanol–water partition coefficient (Wildman–Crippen LogP) is 3.76. The smallest absolute Gasteiger partial charge is 0.261 e. The van der Waals surface area contributed by atoms with E-state index >= 15 is 0 Å². The van der Waals surface area contributed by atoms with E-state index < -0.39 is 0 Å². The zero-order chi connectivity index (χ0) is 14.0. The number of hydrogen-bond acceptors (Lipinski definition) is 3. The van der Waals surface area contributed by atoms with E-state index in [1.54, 1.807) is 19.1 Å². The number of aromatic nitrogens is 1. The van der Waals surface area contributed by atoms with Gasteiger partial charge in [-0.3, -0.25) is 4.79 Å². The fourth-order valence-corrected chi connectivity index (χ4v) is 2.04. The van der Waals surface area contributed by atoms with Crippen LogP contribution in [0.1, 0.15) is 34.3 Å². The van der Waals surface area contributed by atoms with Gasteiger partial charge in [-0.05, 0) is 38.0 Å². The van der Waals surface area contributed by atoms with Crippen LogP contribution in [0, 0.1) is 13.8 Å². The molecule has 0 atom stereocenters. The Morgan fingerprint density at radius 1 is 1.42 bits per heavy atom. The lowest BCUT2D eigenvalue weighted by molar-refractivity contribution is 0.102. The lowest BCUT2D eigenvalue weighted by Crippen LogP contribution is -2.15. The van der Waals surface area contributed by atoms with Crippen LogP contribution in [0.5, 0.6) is 0 Å². The van der Waals surface area contributed by atoms with Crippen molar-refractivity contribution in [3.05, 3.63) is 45.8 Å². The van der Waals surface area contributed by atoms with E-state index in [0.29, 0.717) is 34.1 Å². The highest BCUT2D eigenvalue weighted by molar-refractivity contribution is 6.31. The number of halogens is 1. The van der Waals surface area contributed by atoms with Crippen LogP contribution in [-0.2, 0) is 6.42 Å². The van der Waals surface area contributed by atoms with Crippen LogP contribution in [0.25, 0.3) is 0 Å². The number of nitrogens with one attached hydrogen (secondary N) is 1. The summed E-state index contributed by atoms with van der Waals surface area (Å²) in [6.45, 7) is 5.57. The number of amides is 1. The average Bonchev–Trinajstić information content (AvgIpc) is 2.75. The van der Waals surface area contributed by atoms with E-state index in [2.05, 4.69) is 10.5 Å². The molecule has 1 aromatic heterocycles. The van der Waals surface area contributed by atoms with Gasteiger partial charge in [0.15, 0.2) is 0 Å². The molecular weight excluding hydrogens is 264 g/mol. The molecule has 0 radical (unpaired) electrons. The topological polar surface area (TPSA) is 55.1 Å². The molecule has 1 N–H and O–H groups in total. The largest absolute Gasteiger partial charge is 0.361 e. The molecule has 0 saturated heterocycles. The van der Waals surface area contributed by atoms with E-state index in [4.69, 9.17) is 16.1 Å². The van der Waals surface area contributed by atoms with Crippen LogP contribution in [0.4, 0.5) is 5.69 Å². The Balaban J connectivity index is 2.30. The third kappa shape index (κ3) is 2.79. The summed E-state index contributed by atoms with van der Waals surface area (Å²) in [7, 11) is 0. The summed E-state index contributed by atoms with van der Waals surface area (Å²) >= 11 is 5.93. The molecule has 2 rings (SSSR count). The molecule has 0 saturated carbocycles. The van der Waals surface area contributed by atoms with Gasteiger partial charge < -0.3 is 9.84 Å². The second-order valence-electron chi connectivity index (χ2n) is 4.33. The predicted molar refractivity (Wildman–Crippen MR) is 74.8 cm³/mol. The van der Waals surface area contributed by atoms with Gasteiger partial charge >= 0.3 is 0 Å². The summed E-state index contributed by atoms with van der Waals surface area (Å²) in [6, 6.07) is 5.37. The van der Waals surface area contributed by atoms with Crippen LogP contribution in [-0.4, -0.2) is 11.1 Å². The maximum atomic E-state index is 12.3. The highest BCUT2D eigenvalue weighted by Crippen LogP contribution is 2.22. The van der Waals surface area contributed by atoms with Crippen molar-refractivity contribution in [3.8, 4) is 0 Å². The van der Waals surface area contributed by atoms with Gasteiger partial charge in [-0.15, -0.1) is 0 Å². The minimum atomic E-state index is -0.221. The molecule has 0 bridgehead atoms.